The van der Waals surface area contributed by atoms with Crippen LogP contribution in [0.25, 0.3) is 0 Å². The number of carbonyl (C=O) groups is 2. The molecule has 0 saturated heterocycles. The van der Waals surface area contributed by atoms with Crippen molar-refractivity contribution in [3.05, 3.63) is 35.9 Å². The Morgan fingerprint density at radius 1 is 1.19 bits per heavy atom. The lowest BCUT2D eigenvalue weighted by Crippen LogP contribution is -2.45. The van der Waals surface area contributed by atoms with Gasteiger partial charge >= 0.3 is 7.60 Å². The predicted octanol–water partition coefficient (Wildman–Crippen LogP) is -1.08. The van der Waals surface area contributed by atoms with E-state index >= 15 is 0 Å². The van der Waals surface area contributed by atoms with Gasteiger partial charge in [0.1, 0.15) is 6.29 Å². The minimum atomic E-state index is -4.30. The number of benzene rings is 1. The summed E-state index contributed by atoms with van der Waals surface area (Å²) in [5, 5.41) is 4.32. The number of amides is 2. The molecule has 21 heavy (non-hydrogen) atoms. The summed E-state index contributed by atoms with van der Waals surface area (Å²) in [6.07, 6.45) is -0.436. The zero-order valence-electron chi connectivity index (χ0n) is 11.2. The molecule has 0 aromatic heterocycles. The first-order chi connectivity index (χ1) is 9.78. The molecule has 116 valence electrons. The fourth-order valence-electron chi connectivity index (χ4n) is 1.51. The van der Waals surface area contributed by atoms with Gasteiger partial charge in [-0.1, -0.05) is 30.3 Å². The molecule has 0 spiro atoms. The van der Waals surface area contributed by atoms with Crippen LogP contribution in [0.1, 0.15) is 5.56 Å². The van der Waals surface area contributed by atoms with Crippen LogP contribution in [0.2, 0.25) is 0 Å². The maximum Gasteiger partial charge on any atom is 0.344 e. The highest BCUT2D eigenvalue weighted by atomic mass is 31.2. The molecule has 0 aliphatic heterocycles. The molecule has 0 unspecified atom stereocenters. The molecular weight excluding hydrogens is 297 g/mol. The van der Waals surface area contributed by atoms with Crippen molar-refractivity contribution < 1.29 is 23.9 Å². The molecule has 0 bridgehead atoms. The summed E-state index contributed by atoms with van der Waals surface area (Å²) in [6, 6.07) is 8.37. The molecule has 0 fully saturated rings. The van der Waals surface area contributed by atoms with Gasteiger partial charge in [-0.2, -0.15) is 0 Å². The van der Waals surface area contributed by atoms with E-state index in [1.54, 1.807) is 0 Å². The van der Waals surface area contributed by atoms with Crippen molar-refractivity contribution in [2.45, 2.75) is 12.5 Å². The number of carbonyl (C=O) groups excluding carboxylic acids is 2. The third-order valence-electron chi connectivity index (χ3n) is 2.54. The minimum Gasteiger partial charge on any atom is -0.346 e. The van der Waals surface area contributed by atoms with Crippen LogP contribution in [-0.4, -0.2) is 40.5 Å². The first-order valence-electron chi connectivity index (χ1n) is 6.16. The Morgan fingerprint density at radius 3 is 2.38 bits per heavy atom. The van der Waals surface area contributed by atoms with Gasteiger partial charge in [-0.15, -0.1) is 0 Å². The monoisotopic (exact) mass is 315 g/mol. The first-order valence-corrected chi connectivity index (χ1v) is 7.96. The van der Waals surface area contributed by atoms with Crippen LogP contribution in [0.3, 0.4) is 0 Å². The molecule has 1 rings (SSSR count). The molecule has 0 radical (unpaired) electrons. The van der Waals surface area contributed by atoms with Crippen LogP contribution in [0.15, 0.2) is 30.3 Å². The Kier molecular flexibility index (Phi) is 6.51. The van der Waals surface area contributed by atoms with Gasteiger partial charge in [0.2, 0.25) is 11.8 Å². The molecular formula is C12H18N3O5P. The van der Waals surface area contributed by atoms with Crippen molar-refractivity contribution in [2.24, 2.45) is 5.73 Å². The molecule has 1 atom stereocenters. The molecule has 9 heteroatoms. The molecule has 0 aliphatic rings. The zero-order valence-corrected chi connectivity index (χ0v) is 12.1. The maximum atomic E-state index is 11.7. The van der Waals surface area contributed by atoms with E-state index in [0.717, 1.165) is 5.56 Å². The molecule has 2 amide bonds. The van der Waals surface area contributed by atoms with Crippen LogP contribution in [0.5, 0.6) is 0 Å². The smallest absolute Gasteiger partial charge is 0.344 e. The summed E-state index contributed by atoms with van der Waals surface area (Å²) in [7, 11) is -4.30. The summed E-state index contributed by atoms with van der Waals surface area (Å²) in [6.45, 7) is -0.388. The Bertz CT molecular complexity index is 531. The van der Waals surface area contributed by atoms with E-state index in [0.29, 0.717) is 6.42 Å². The normalized spacial score (nSPS) is 12.5. The maximum absolute atomic E-state index is 11.7. The number of nitrogens with two attached hydrogens (primary N) is 1. The summed E-state index contributed by atoms with van der Waals surface area (Å²) < 4.78 is 10.6. The van der Waals surface area contributed by atoms with Crippen LogP contribution >= 0.6 is 7.60 Å². The van der Waals surface area contributed by atoms with Gasteiger partial charge in [0.05, 0.1) is 12.6 Å². The second-order valence-corrected chi connectivity index (χ2v) is 6.08. The Balaban J connectivity index is 2.33. The molecule has 0 aliphatic carbocycles. The van der Waals surface area contributed by atoms with Crippen molar-refractivity contribution in [3.63, 3.8) is 0 Å². The quantitative estimate of drug-likeness (QED) is 0.405. The van der Waals surface area contributed by atoms with Crippen LogP contribution < -0.4 is 16.4 Å². The summed E-state index contributed by atoms with van der Waals surface area (Å²) in [5.74, 6) is -1.20. The lowest BCUT2D eigenvalue weighted by molar-refractivity contribution is -0.126. The van der Waals surface area contributed by atoms with E-state index in [1.807, 2.05) is 35.6 Å². The fraction of sp³-hybridized carbons (Fsp3) is 0.333. The largest absolute Gasteiger partial charge is 0.346 e. The van der Waals surface area contributed by atoms with Gasteiger partial charge < -0.3 is 26.2 Å². The highest BCUT2D eigenvalue weighted by molar-refractivity contribution is 7.51. The van der Waals surface area contributed by atoms with Gasteiger partial charge in [-0.25, -0.2) is 0 Å². The molecule has 0 saturated carbocycles. The highest BCUT2D eigenvalue weighted by Gasteiger charge is 2.17. The molecule has 1 aromatic rings. The van der Waals surface area contributed by atoms with E-state index < -0.39 is 31.7 Å². The minimum absolute atomic E-state index is 0.330. The molecule has 6 N–H and O–H groups in total. The van der Waals surface area contributed by atoms with E-state index in [4.69, 9.17) is 15.5 Å². The molecule has 0 heterocycles. The van der Waals surface area contributed by atoms with Crippen LogP contribution in [-0.2, 0) is 20.6 Å². The lowest BCUT2D eigenvalue weighted by atomic mass is 10.1. The van der Waals surface area contributed by atoms with Gasteiger partial charge in [-0.05, 0) is 12.0 Å². The average molecular weight is 315 g/mol. The SMILES string of the molecule is N[C@@H](Cc1ccccc1)C(=O)NCC(=O)NCP(=O)(O)O. The second-order valence-electron chi connectivity index (χ2n) is 4.44. The number of hydrogen-bond donors (Lipinski definition) is 5. The van der Waals surface area contributed by atoms with Crippen LogP contribution in [0.4, 0.5) is 0 Å². The van der Waals surface area contributed by atoms with E-state index in [9.17, 15) is 14.2 Å². The summed E-state index contributed by atoms with van der Waals surface area (Å²) in [4.78, 5) is 40.1. The second kappa shape index (κ2) is 7.90. The standard InChI is InChI=1S/C12H18N3O5P/c13-10(6-9-4-2-1-3-5-9)12(17)14-7-11(16)15-8-21(18,19)20/h1-5,10H,6-8,13H2,(H,14,17)(H,15,16)(H2,18,19,20)/t10-/m0/s1. The summed E-state index contributed by atoms with van der Waals surface area (Å²) >= 11 is 0. The Morgan fingerprint density at radius 2 is 1.81 bits per heavy atom. The van der Waals surface area contributed by atoms with Gasteiger partial charge in [0.15, 0.2) is 0 Å². The van der Waals surface area contributed by atoms with Crippen LogP contribution in [0, 0.1) is 0 Å². The van der Waals surface area contributed by atoms with Gasteiger partial charge in [0, 0.05) is 0 Å². The molecule has 1 aromatic carbocycles. The lowest BCUT2D eigenvalue weighted by Gasteiger charge is -2.12. The Hall–Kier alpha value is -1.73. The Labute approximate surface area is 121 Å². The fourth-order valence-corrected chi connectivity index (χ4v) is 1.90. The topological polar surface area (TPSA) is 142 Å². The van der Waals surface area contributed by atoms with E-state index in [-0.39, 0.29) is 6.54 Å². The zero-order chi connectivity index (χ0) is 15.9. The predicted molar refractivity (Wildman–Crippen MR) is 76.2 cm³/mol. The van der Waals surface area contributed by atoms with Crippen molar-refractivity contribution in [3.8, 4) is 0 Å². The molecule has 8 nitrogen and oxygen atoms in total. The first kappa shape index (κ1) is 17.3. The highest BCUT2D eigenvalue weighted by Crippen LogP contribution is 2.31. The van der Waals surface area contributed by atoms with Gasteiger partial charge in [0.25, 0.3) is 0 Å². The summed E-state index contributed by atoms with van der Waals surface area (Å²) in [5.41, 5.74) is 6.60. The van der Waals surface area contributed by atoms with E-state index in [2.05, 4.69) is 5.32 Å². The van der Waals surface area contributed by atoms with Crippen molar-refractivity contribution in [1.29, 1.82) is 0 Å². The van der Waals surface area contributed by atoms with Crippen molar-refractivity contribution in [1.82, 2.24) is 10.6 Å². The van der Waals surface area contributed by atoms with E-state index in [1.165, 1.54) is 0 Å². The van der Waals surface area contributed by atoms with Crippen molar-refractivity contribution in [2.75, 3.05) is 12.8 Å². The number of rotatable bonds is 7. The number of hydrogen-bond acceptors (Lipinski definition) is 4. The average Bonchev–Trinajstić information content (AvgIpc) is 2.42. The third-order valence-corrected chi connectivity index (χ3v) is 3.11. The third kappa shape index (κ3) is 7.57. The van der Waals surface area contributed by atoms with Gasteiger partial charge in [-0.3, -0.25) is 14.2 Å². The number of nitrogens with one attached hydrogen (secondary N) is 2. The van der Waals surface area contributed by atoms with Crippen molar-refractivity contribution >= 4 is 19.4 Å².